The first-order valence-corrected chi connectivity index (χ1v) is 8.00. The number of nitrogens with one attached hydrogen (secondary N) is 1. The van der Waals surface area contributed by atoms with Gasteiger partial charge in [-0.3, -0.25) is 0 Å². The van der Waals surface area contributed by atoms with Crippen molar-refractivity contribution < 1.29 is 5.11 Å². The predicted molar refractivity (Wildman–Crippen MR) is 77.6 cm³/mol. The van der Waals surface area contributed by atoms with Gasteiger partial charge in [-0.05, 0) is 44.3 Å². The standard InChI is InChI=1S/C14H29NOS/c1-11(2)7-8-17-12(3)9-14(4,10-16)15-13-5-6-13/h11-13,15-16H,5-10H2,1-4H3. The Balaban J connectivity index is 2.23. The van der Waals surface area contributed by atoms with Crippen molar-refractivity contribution in [3.05, 3.63) is 0 Å². The molecule has 0 radical (unpaired) electrons. The van der Waals surface area contributed by atoms with Crippen LogP contribution >= 0.6 is 11.8 Å². The van der Waals surface area contributed by atoms with E-state index in [-0.39, 0.29) is 12.1 Å². The van der Waals surface area contributed by atoms with Crippen molar-refractivity contribution in [2.75, 3.05) is 12.4 Å². The average Bonchev–Trinajstić information content (AvgIpc) is 3.00. The maximum Gasteiger partial charge on any atom is 0.0611 e. The van der Waals surface area contributed by atoms with Gasteiger partial charge >= 0.3 is 0 Å². The Hall–Kier alpha value is 0.270. The van der Waals surface area contributed by atoms with Gasteiger partial charge in [0, 0.05) is 16.8 Å². The molecule has 0 spiro atoms. The minimum Gasteiger partial charge on any atom is -0.394 e. The molecule has 0 aromatic heterocycles. The number of aliphatic hydroxyl groups excluding tert-OH is 1. The van der Waals surface area contributed by atoms with Crippen LogP contribution in [0.5, 0.6) is 0 Å². The fourth-order valence-corrected chi connectivity index (χ4v) is 3.58. The molecule has 1 fully saturated rings. The molecule has 17 heavy (non-hydrogen) atoms. The molecule has 2 N–H and O–H groups in total. The quantitative estimate of drug-likeness (QED) is 0.667. The average molecular weight is 259 g/mol. The maximum atomic E-state index is 9.55. The monoisotopic (exact) mass is 259 g/mol. The zero-order valence-electron chi connectivity index (χ0n) is 11.8. The van der Waals surface area contributed by atoms with Crippen molar-refractivity contribution >= 4 is 11.8 Å². The molecule has 102 valence electrons. The van der Waals surface area contributed by atoms with E-state index in [9.17, 15) is 5.11 Å². The summed E-state index contributed by atoms with van der Waals surface area (Å²) in [5, 5.41) is 13.8. The molecule has 0 aromatic rings. The van der Waals surface area contributed by atoms with E-state index in [1.807, 2.05) is 11.8 Å². The summed E-state index contributed by atoms with van der Waals surface area (Å²) in [6, 6.07) is 0.667. The Morgan fingerprint density at radius 2 is 2.00 bits per heavy atom. The summed E-state index contributed by atoms with van der Waals surface area (Å²) in [6.45, 7) is 9.24. The van der Waals surface area contributed by atoms with Crippen LogP contribution in [0.25, 0.3) is 0 Å². The topological polar surface area (TPSA) is 32.3 Å². The molecule has 0 amide bonds. The molecular weight excluding hydrogens is 230 g/mol. The molecule has 2 unspecified atom stereocenters. The van der Waals surface area contributed by atoms with Crippen molar-refractivity contribution in [3.8, 4) is 0 Å². The van der Waals surface area contributed by atoms with E-state index in [1.54, 1.807) is 0 Å². The third-order valence-corrected chi connectivity index (χ3v) is 4.52. The molecule has 0 bridgehead atoms. The van der Waals surface area contributed by atoms with Crippen molar-refractivity contribution in [3.63, 3.8) is 0 Å². The van der Waals surface area contributed by atoms with Gasteiger partial charge in [0.25, 0.3) is 0 Å². The van der Waals surface area contributed by atoms with Gasteiger partial charge in [0.15, 0.2) is 0 Å². The Morgan fingerprint density at radius 3 is 2.47 bits per heavy atom. The second-order valence-electron chi connectivity index (χ2n) is 6.21. The summed E-state index contributed by atoms with van der Waals surface area (Å²) in [6.07, 6.45) is 4.92. The van der Waals surface area contributed by atoms with Crippen LogP contribution in [0.15, 0.2) is 0 Å². The summed E-state index contributed by atoms with van der Waals surface area (Å²) in [4.78, 5) is 0. The van der Waals surface area contributed by atoms with Crippen molar-refractivity contribution in [2.45, 2.75) is 70.2 Å². The first kappa shape index (κ1) is 15.3. The lowest BCUT2D eigenvalue weighted by Gasteiger charge is -2.31. The van der Waals surface area contributed by atoms with E-state index in [0.29, 0.717) is 11.3 Å². The van der Waals surface area contributed by atoms with Crippen LogP contribution < -0.4 is 5.32 Å². The smallest absolute Gasteiger partial charge is 0.0611 e. The zero-order chi connectivity index (χ0) is 12.9. The molecule has 3 heteroatoms. The highest BCUT2D eigenvalue weighted by Crippen LogP contribution is 2.28. The van der Waals surface area contributed by atoms with Gasteiger partial charge in [0.05, 0.1) is 6.61 Å². The normalized spacial score (nSPS) is 21.5. The van der Waals surface area contributed by atoms with Crippen LogP contribution in [0.4, 0.5) is 0 Å². The van der Waals surface area contributed by atoms with Crippen LogP contribution in [0.3, 0.4) is 0 Å². The van der Waals surface area contributed by atoms with Gasteiger partial charge in [-0.15, -0.1) is 0 Å². The molecule has 1 saturated carbocycles. The first-order valence-electron chi connectivity index (χ1n) is 6.95. The number of thioether (sulfide) groups is 1. The highest BCUT2D eigenvalue weighted by Gasteiger charge is 2.33. The van der Waals surface area contributed by atoms with Gasteiger partial charge in [-0.25, -0.2) is 0 Å². The summed E-state index contributed by atoms with van der Waals surface area (Å²) >= 11 is 2.04. The molecule has 0 heterocycles. The second kappa shape index (κ2) is 7.01. The Labute approximate surface area is 111 Å². The molecule has 0 aliphatic heterocycles. The van der Waals surface area contributed by atoms with E-state index in [0.717, 1.165) is 12.3 Å². The van der Waals surface area contributed by atoms with Gasteiger partial charge in [0.2, 0.25) is 0 Å². The number of hydrogen-bond donors (Lipinski definition) is 2. The minimum absolute atomic E-state index is 0.0780. The Bertz CT molecular complexity index is 218. The highest BCUT2D eigenvalue weighted by atomic mass is 32.2. The van der Waals surface area contributed by atoms with Gasteiger partial charge in [-0.1, -0.05) is 20.8 Å². The SMILES string of the molecule is CC(C)CCSC(C)CC(C)(CO)NC1CC1. The van der Waals surface area contributed by atoms with Gasteiger partial charge in [-0.2, -0.15) is 11.8 Å². The molecule has 0 saturated heterocycles. The van der Waals surface area contributed by atoms with E-state index >= 15 is 0 Å². The number of rotatable bonds is 9. The van der Waals surface area contributed by atoms with E-state index in [4.69, 9.17) is 0 Å². The largest absolute Gasteiger partial charge is 0.394 e. The zero-order valence-corrected chi connectivity index (χ0v) is 12.6. The third-order valence-electron chi connectivity index (χ3n) is 3.31. The molecule has 1 aliphatic rings. The van der Waals surface area contributed by atoms with E-state index in [1.165, 1.54) is 25.0 Å². The van der Waals surface area contributed by atoms with E-state index in [2.05, 4.69) is 33.0 Å². The number of aliphatic hydroxyl groups is 1. The lowest BCUT2D eigenvalue weighted by molar-refractivity contribution is 0.164. The highest BCUT2D eigenvalue weighted by molar-refractivity contribution is 7.99. The fraction of sp³-hybridized carbons (Fsp3) is 1.00. The first-order chi connectivity index (χ1) is 7.95. The Kier molecular flexibility index (Phi) is 6.32. The van der Waals surface area contributed by atoms with E-state index < -0.39 is 0 Å². The van der Waals surface area contributed by atoms with Crippen LogP contribution in [0.2, 0.25) is 0 Å². The van der Waals surface area contributed by atoms with Crippen molar-refractivity contribution in [1.29, 1.82) is 0 Å². The molecular formula is C14H29NOS. The molecule has 2 nitrogen and oxygen atoms in total. The lowest BCUT2D eigenvalue weighted by atomic mass is 9.97. The summed E-state index contributed by atoms with van der Waals surface area (Å²) in [5.41, 5.74) is -0.0780. The van der Waals surface area contributed by atoms with Crippen LogP contribution in [0, 0.1) is 5.92 Å². The molecule has 2 atom stereocenters. The molecule has 0 aromatic carbocycles. The third kappa shape index (κ3) is 6.68. The predicted octanol–water partition coefficient (Wildman–Crippen LogP) is 3.05. The van der Waals surface area contributed by atoms with Crippen LogP contribution in [0.1, 0.15) is 53.4 Å². The van der Waals surface area contributed by atoms with Crippen LogP contribution in [-0.4, -0.2) is 34.3 Å². The molecule has 1 aliphatic carbocycles. The summed E-state index contributed by atoms with van der Waals surface area (Å²) in [5.74, 6) is 2.03. The van der Waals surface area contributed by atoms with Crippen LogP contribution in [-0.2, 0) is 0 Å². The maximum absolute atomic E-state index is 9.55. The fourth-order valence-electron chi connectivity index (χ4n) is 2.09. The van der Waals surface area contributed by atoms with Gasteiger partial charge < -0.3 is 10.4 Å². The number of hydrogen-bond acceptors (Lipinski definition) is 3. The lowest BCUT2D eigenvalue weighted by Crippen LogP contribution is -2.48. The van der Waals surface area contributed by atoms with Gasteiger partial charge in [0.1, 0.15) is 0 Å². The Morgan fingerprint density at radius 1 is 1.35 bits per heavy atom. The second-order valence-corrected chi connectivity index (χ2v) is 7.75. The minimum atomic E-state index is -0.0780. The van der Waals surface area contributed by atoms with Crippen molar-refractivity contribution in [2.24, 2.45) is 5.92 Å². The van der Waals surface area contributed by atoms with Crippen molar-refractivity contribution in [1.82, 2.24) is 5.32 Å². The summed E-state index contributed by atoms with van der Waals surface area (Å²) < 4.78 is 0. The summed E-state index contributed by atoms with van der Waals surface area (Å²) in [7, 11) is 0. The molecule has 1 rings (SSSR count).